The Labute approximate surface area is 376 Å². The standard InChI is InChI=1S/C47H68N4O13/c1-7-34(63-41-30-33(44(54)61-8-2)29-40(43(41)50-32(3)52)51-46(56)64-47(4,5)6)17-19-48-42(53)18-21-57-23-25-59-27-28-60-26-24-58-22-20-49-45(55)62-31-39-37-15-11-9-13-35(37)36-14-10-12-16-38(36)39/h9-16,30,34,39-41,43H,7-8,17-29,31H2,1-6H3,(H,48,53)(H,49,55)(H,50,52)(H,51,56)/t34-,40-,41+,43+/m0/s1. The van der Waals surface area contributed by atoms with E-state index in [1.54, 1.807) is 33.8 Å². The van der Waals surface area contributed by atoms with Crippen molar-refractivity contribution >= 4 is 30.0 Å². The highest BCUT2D eigenvalue weighted by molar-refractivity contribution is 5.89. The molecular weight excluding hydrogens is 829 g/mol. The molecule has 17 nitrogen and oxygen atoms in total. The van der Waals surface area contributed by atoms with Gasteiger partial charge in [-0.1, -0.05) is 55.5 Å². The van der Waals surface area contributed by atoms with E-state index in [9.17, 15) is 24.0 Å². The average molecular weight is 897 g/mol. The zero-order chi connectivity index (χ0) is 46.3. The molecule has 0 radical (unpaired) electrons. The van der Waals surface area contributed by atoms with Crippen LogP contribution in [-0.4, -0.2) is 139 Å². The van der Waals surface area contributed by atoms with Gasteiger partial charge in [-0.25, -0.2) is 14.4 Å². The van der Waals surface area contributed by atoms with Crippen LogP contribution >= 0.6 is 0 Å². The van der Waals surface area contributed by atoms with Crippen LogP contribution in [0.4, 0.5) is 9.59 Å². The summed E-state index contributed by atoms with van der Waals surface area (Å²) >= 11 is 0. The molecule has 0 unspecified atom stereocenters. The van der Waals surface area contributed by atoms with Crippen LogP contribution in [0.2, 0.25) is 0 Å². The zero-order valence-corrected chi connectivity index (χ0v) is 38.2. The normalized spacial score (nSPS) is 17.3. The van der Waals surface area contributed by atoms with Gasteiger partial charge in [-0.05, 0) is 68.9 Å². The van der Waals surface area contributed by atoms with E-state index in [1.165, 1.54) is 18.1 Å². The third-order valence-electron chi connectivity index (χ3n) is 10.2. The lowest BCUT2D eigenvalue weighted by Crippen LogP contribution is -2.60. The summed E-state index contributed by atoms with van der Waals surface area (Å²) in [4.78, 5) is 62.6. The lowest BCUT2D eigenvalue weighted by atomic mass is 9.87. The molecule has 2 aliphatic carbocycles. The topological polar surface area (TPSA) is 207 Å². The van der Waals surface area contributed by atoms with E-state index in [1.807, 2.05) is 31.2 Å². The van der Waals surface area contributed by atoms with Crippen molar-refractivity contribution in [3.63, 3.8) is 0 Å². The fourth-order valence-electron chi connectivity index (χ4n) is 7.33. The van der Waals surface area contributed by atoms with E-state index >= 15 is 0 Å². The van der Waals surface area contributed by atoms with Gasteiger partial charge in [0.25, 0.3) is 0 Å². The third kappa shape index (κ3) is 17.8. The lowest BCUT2D eigenvalue weighted by Gasteiger charge is -2.38. The van der Waals surface area contributed by atoms with Crippen molar-refractivity contribution in [2.75, 3.05) is 79.2 Å². The molecule has 4 N–H and O–H groups in total. The van der Waals surface area contributed by atoms with Gasteiger partial charge in [0, 0.05) is 44.3 Å². The van der Waals surface area contributed by atoms with Crippen LogP contribution in [0.15, 0.2) is 60.2 Å². The number of benzene rings is 2. The number of esters is 1. The summed E-state index contributed by atoms with van der Waals surface area (Å²) in [5, 5.41) is 11.3. The van der Waals surface area contributed by atoms with Gasteiger partial charge in [0.15, 0.2) is 0 Å². The van der Waals surface area contributed by atoms with Crippen LogP contribution in [0.5, 0.6) is 0 Å². The Balaban J connectivity index is 1.01. The van der Waals surface area contributed by atoms with Gasteiger partial charge in [-0.3, -0.25) is 9.59 Å². The van der Waals surface area contributed by atoms with Gasteiger partial charge >= 0.3 is 18.2 Å². The van der Waals surface area contributed by atoms with Crippen molar-refractivity contribution in [1.82, 2.24) is 21.3 Å². The highest BCUT2D eigenvalue weighted by atomic mass is 16.6. The predicted molar refractivity (Wildman–Crippen MR) is 238 cm³/mol. The van der Waals surface area contributed by atoms with Gasteiger partial charge in [0.2, 0.25) is 11.8 Å². The monoisotopic (exact) mass is 896 g/mol. The summed E-state index contributed by atoms with van der Waals surface area (Å²) < 4.78 is 44.8. The number of amides is 4. The van der Waals surface area contributed by atoms with E-state index in [-0.39, 0.29) is 56.5 Å². The summed E-state index contributed by atoms with van der Waals surface area (Å²) in [5.41, 5.74) is 4.24. The Morgan fingerprint density at radius 3 is 1.89 bits per heavy atom. The first-order valence-electron chi connectivity index (χ1n) is 22.3. The molecule has 4 atom stereocenters. The zero-order valence-electron chi connectivity index (χ0n) is 38.2. The van der Waals surface area contributed by atoms with Crippen LogP contribution < -0.4 is 21.3 Å². The summed E-state index contributed by atoms with van der Waals surface area (Å²) in [6.45, 7) is 14.0. The van der Waals surface area contributed by atoms with E-state index in [2.05, 4.69) is 45.5 Å². The summed E-state index contributed by atoms with van der Waals surface area (Å²) in [7, 11) is 0. The second-order valence-corrected chi connectivity index (χ2v) is 16.3. The second kappa shape index (κ2) is 27.3. The molecule has 354 valence electrons. The maximum atomic E-state index is 12.8. The largest absolute Gasteiger partial charge is 0.463 e. The number of alkyl carbamates (subject to hydrolysis) is 2. The van der Waals surface area contributed by atoms with E-state index in [0.717, 1.165) is 11.1 Å². The van der Waals surface area contributed by atoms with Crippen LogP contribution in [0.25, 0.3) is 11.1 Å². The Hall–Kier alpha value is -5.07. The lowest BCUT2D eigenvalue weighted by molar-refractivity contribution is -0.139. The molecule has 17 heteroatoms. The maximum absolute atomic E-state index is 12.8. The van der Waals surface area contributed by atoms with Crippen molar-refractivity contribution in [3.05, 3.63) is 71.3 Å². The molecule has 2 aliphatic rings. The van der Waals surface area contributed by atoms with Gasteiger partial charge in [0.05, 0.1) is 83.8 Å². The van der Waals surface area contributed by atoms with Crippen molar-refractivity contribution in [1.29, 1.82) is 0 Å². The molecule has 0 bridgehead atoms. The fourth-order valence-corrected chi connectivity index (χ4v) is 7.33. The minimum atomic E-state index is -0.779. The highest BCUT2D eigenvalue weighted by Crippen LogP contribution is 2.44. The second-order valence-electron chi connectivity index (χ2n) is 16.3. The summed E-state index contributed by atoms with van der Waals surface area (Å²) in [5.74, 6) is -1.04. The highest BCUT2D eigenvalue weighted by Gasteiger charge is 2.39. The van der Waals surface area contributed by atoms with Gasteiger partial charge in [-0.2, -0.15) is 0 Å². The van der Waals surface area contributed by atoms with Crippen LogP contribution in [0.1, 0.15) is 84.3 Å². The minimum absolute atomic E-state index is 0.00754. The van der Waals surface area contributed by atoms with E-state index in [4.69, 9.17) is 37.9 Å². The number of hydrogen-bond acceptors (Lipinski definition) is 13. The number of carbonyl (C=O) groups excluding carboxylic acids is 5. The van der Waals surface area contributed by atoms with E-state index in [0.29, 0.717) is 77.8 Å². The van der Waals surface area contributed by atoms with Crippen molar-refractivity contribution < 1.29 is 61.9 Å². The SMILES string of the molecule is CCOC(=O)C1=C[C@@H](O[C@@H](CC)CCNC(=O)CCOCCOCCOCCOCCNC(=O)OCC2c3ccccc3-c3ccccc32)[C@H](NC(C)=O)[C@@H](NC(=O)OC(C)(C)C)C1. The minimum Gasteiger partial charge on any atom is -0.463 e. The van der Waals surface area contributed by atoms with Gasteiger partial charge in [-0.15, -0.1) is 0 Å². The first kappa shape index (κ1) is 51.6. The molecule has 4 rings (SSSR count). The van der Waals surface area contributed by atoms with Crippen LogP contribution in [0.3, 0.4) is 0 Å². The molecular formula is C47H68N4O13. The van der Waals surface area contributed by atoms with Gasteiger partial charge in [0.1, 0.15) is 12.2 Å². The number of carbonyl (C=O) groups is 5. The Morgan fingerprint density at radius 2 is 1.31 bits per heavy atom. The number of hydrogen-bond donors (Lipinski definition) is 4. The molecule has 4 amide bonds. The smallest absolute Gasteiger partial charge is 0.407 e. The Bertz CT molecular complexity index is 1790. The summed E-state index contributed by atoms with van der Waals surface area (Å²) in [6.07, 6.45) is 0.646. The molecule has 0 spiro atoms. The molecule has 0 aromatic heterocycles. The molecule has 0 saturated carbocycles. The molecule has 0 saturated heterocycles. The quantitative estimate of drug-likeness (QED) is 0.0533. The number of ether oxygens (including phenoxy) is 8. The maximum Gasteiger partial charge on any atom is 0.407 e. The molecule has 2 aromatic rings. The predicted octanol–water partition coefficient (Wildman–Crippen LogP) is 4.94. The van der Waals surface area contributed by atoms with E-state index < -0.39 is 41.9 Å². The fraction of sp³-hybridized carbons (Fsp3) is 0.596. The van der Waals surface area contributed by atoms with Crippen LogP contribution in [0, 0.1) is 0 Å². The van der Waals surface area contributed by atoms with Crippen molar-refractivity contribution in [2.45, 2.75) is 103 Å². The first-order valence-corrected chi connectivity index (χ1v) is 22.3. The molecule has 0 aliphatic heterocycles. The van der Waals surface area contributed by atoms with Gasteiger partial charge < -0.3 is 59.2 Å². The van der Waals surface area contributed by atoms with Crippen molar-refractivity contribution in [2.24, 2.45) is 0 Å². The molecule has 64 heavy (non-hydrogen) atoms. The van der Waals surface area contributed by atoms with Crippen molar-refractivity contribution in [3.8, 4) is 11.1 Å². The van der Waals surface area contributed by atoms with Crippen LogP contribution in [-0.2, 0) is 52.3 Å². The number of fused-ring (bicyclic) bond motifs is 3. The number of rotatable bonds is 27. The molecule has 0 fully saturated rings. The summed E-state index contributed by atoms with van der Waals surface area (Å²) in [6, 6.07) is 15.0. The Morgan fingerprint density at radius 1 is 0.719 bits per heavy atom. The molecule has 0 heterocycles. The average Bonchev–Trinajstić information content (AvgIpc) is 3.57. The Kier molecular flexibility index (Phi) is 22.0. The third-order valence-corrected chi connectivity index (χ3v) is 10.2. The number of nitrogens with one attached hydrogen (secondary N) is 4. The first-order chi connectivity index (χ1) is 30.8. The molecule has 2 aromatic carbocycles.